The third-order valence-electron chi connectivity index (χ3n) is 4.99. The molecule has 130 valence electrons. The number of aromatic nitrogens is 2. The van der Waals surface area contributed by atoms with E-state index in [1.807, 2.05) is 12.1 Å². The second-order valence-corrected chi connectivity index (χ2v) is 6.89. The van der Waals surface area contributed by atoms with Gasteiger partial charge in [-0.05, 0) is 24.5 Å². The Morgan fingerprint density at radius 1 is 1.08 bits per heavy atom. The number of carbonyl (C=O) groups excluding carboxylic acids is 1. The van der Waals surface area contributed by atoms with Gasteiger partial charge in [0.15, 0.2) is 5.78 Å². The minimum atomic E-state index is -0.187. The van der Waals surface area contributed by atoms with Crippen LogP contribution in [0.15, 0.2) is 30.5 Å². The van der Waals surface area contributed by atoms with Gasteiger partial charge in [0.1, 0.15) is 5.82 Å². The third kappa shape index (κ3) is 3.08. The summed E-state index contributed by atoms with van der Waals surface area (Å²) in [5.74, 6) is 0.965. The molecular weight excluding hydrogens is 319 g/mol. The van der Waals surface area contributed by atoms with Crippen molar-refractivity contribution in [1.82, 2.24) is 9.97 Å². The molecule has 1 atom stereocenters. The summed E-state index contributed by atoms with van der Waals surface area (Å²) in [5, 5.41) is 0. The number of para-hydroxylation sites is 1. The second kappa shape index (κ2) is 6.43. The predicted octanol–water partition coefficient (Wildman–Crippen LogP) is 2.71. The highest BCUT2D eigenvalue weighted by molar-refractivity contribution is 5.98. The molecule has 1 aromatic heterocycles. The smallest absolute Gasteiger partial charge is 0.225 e. The van der Waals surface area contributed by atoms with Crippen molar-refractivity contribution in [2.75, 3.05) is 36.0 Å². The minimum Gasteiger partial charge on any atom is -0.366 e. The van der Waals surface area contributed by atoms with E-state index < -0.39 is 0 Å². The van der Waals surface area contributed by atoms with E-state index in [0.29, 0.717) is 29.5 Å². The molecule has 2 aliphatic rings. The molecule has 1 fully saturated rings. The molecule has 2 aromatic rings. The molecule has 0 unspecified atom stereocenters. The van der Waals surface area contributed by atoms with E-state index in [0.717, 1.165) is 38.3 Å². The first-order valence-electron chi connectivity index (χ1n) is 8.75. The summed E-state index contributed by atoms with van der Waals surface area (Å²) < 4.78 is 13.9. The van der Waals surface area contributed by atoms with Gasteiger partial charge in [0.2, 0.25) is 5.95 Å². The van der Waals surface area contributed by atoms with Gasteiger partial charge in [-0.1, -0.05) is 19.1 Å². The summed E-state index contributed by atoms with van der Waals surface area (Å²) in [4.78, 5) is 25.3. The molecule has 4 rings (SSSR count). The molecule has 1 aliphatic carbocycles. The number of hydrogen-bond acceptors (Lipinski definition) is 5. The van der Waals surface area contributed by atoms with Crippen molar-refractivity contribution in [3.05, 3.63) is 47.5 Å². The Bertz CT molecular complexity index is 802. The molecule has 1 aliphatic heterocycles. The molecule has 1 saturated heterocycles. The Labute approximate surface area is 146 Å². The Kier molecular flexibility index (Phi) is 4.11. The number of hydrogen-bond donors (Lipinski definition) is 0. The molecule has 0 N–H and O–H groups in total. The van der Waals surface area contributed by atoms with E-state index in [1.54, 1.807) is 12.3 Å². The molecule has 2 heterocycles. The summed E-state index contributed by atoms with van der Waals surface area (Å²) >= 11 is 0. The van der Waals surface area contributed by atoms with Crippen LogP contribution in [0.2, 0.25) is 0 Å². The van der Waals surface area contributed by atoms with Crippen LogP contribution in [0.5, 0.6) is 0 Å². The summed E-state index contributed by atoms with van der Waals surface area (Å²) in [6.07, 6.45) is 3.08. The van der Waals surface area contributed by atoms with Crippen LogP contribution in [-0.2, 0) is 6.42 Å². The number of nitrogens with zero attached hydrogens (tertiary/aromatic N) is 4. The molecular formula is C19H21FN4O. The summed E-state index contributed by atoms with van der Waals surface area (Å²) in [5.41, 5.74) is 2.19. The summed E-state index contributed by atoms with van der Waals surface area (Å²) in [6, 6.07) is 6.87. The van der Waals surface area contributed by atoms with Crippen molar-refractivity contribution in [2.45, 2.75) is 19.8 Å². The summed E-state index contributed by atoms with van der Waals surface area (Å²) in [7, 11) is 0. The minimum absolute atomic E-state index is 0.143. The molecule has 0 radical (unpaired) electrons. The predicted molar refractivity (Wildman–Crippen MR) is 94.7 cm³/mol. The lowest BCUT2D eigenvalue weighted by atomic mass is 9.88. The van der Waals surface area contributed by atoms with E-state index >= 15 is 0 Å². The second-order valence-electron chi connectivity index (χ2n) is 6.89. The highest BCUT2D eigenvalue weighted by atomic mass is 19.1. The van der Waals surface area contributed by atoms with E-state index in [-0.39, 0.29) is 11.6 Å². The number of benzene rings is 1. The quantitative estimate of drug-likeness (QED) is 0.841. The standard InChI is InChI=1S/C19H21FN4O/c1-13-10-16-14(18(25)11-13)12-21-19(22-16)24-8-6-23(7-9-24)17-5-3-2-4-15(17)20/h2-5,12-13H,6-11H2,1H3/t13-/m0/s1. The van der Waals surface area contributed by atoms with E-state index in [2.05, 4.69) is 26.7 Å². The van der Waals surface area contributed by atoms with Gasteiger partial charge in [0, 0.05) is 38.8 Å². The molecule has 5 nitrogen and oxygen atoms in total. The largest absolute Gasteiger partial charge is 0.366 e. The molecule has 1 aromatic carbocycles. The molecule has 0 spiro atoms. The van der Waals surface area contributed by atoms with Gasteiger partial charge in [0.05, 0.1) is 16.9 Å². The van der Waals surface area contributed by atoms with Crippen LogP contribution in [0.3, 0.4) is 0 Å². The van der Waals surface area contributed by atoms with Gasteiger partial charge >= 0.3 is 0 Å². The van der Waals surface area contributed by atoms with Crippen molar-refractivity contribution in [3.63, 3.8) is 0 Å². The lowest BCUT2D eigenvalue weighted by Gasteiger charge is -2.36. The number of carbonyl (C=O) groups is 1. The highest BCUT2D eigenvalue weighted by Crippen LogP contribution is 2.26. The number of piperazine rings is 1. The number of fused-ring (bicyclic) bond motifs is 1. The zero-order valence-electron chi connectivity index (χ0n) is 14.3. The van der Waals surface area contributed by atoms with Crippen LogP contribution in [0.1, 0.15) is 29.4 Å². The normalized spacial score (nSPS) is 20.6. The third-order valence-corrected chi connectivity index (χ3v) is 4.99. The Balaban J connectivity index is 1.49. The average molecular weight is 340 g/mol. The van der Waals surface area contributed by atoms with Crippen LogP contribution >= 0.6 is 0 Å². The van der Waals surface area contributed by atoms with Gasteiger partial charge in [0.25, 0.3) is 0 Å². The number of Topliss-reactive ketones (excluding diaryl/α,β-unsaturated/α-hetero) is 1. The number of rotatable bonds is 2. The van der Waals surface area contributed by atoms with Gasteiger partial charge in [-0.3, -0.25) is 4.79 Å². The topological polar surface area (TPSA) is 49.3 Å². The maximum atomic E-state index is 13.9. The zero-order valence-corrected chi connectivity index (χ0v) is 14.3. The Morgan fingerprint density at radius 3 is 2.56 bits per heavy atom. The average Bonchev–Trinajstić information content (AvgIpc) is 2.62. The lowest BCUT2D eigenvalue weighted by Crippen LogP contribution is -2.47. The first-order chi connectivity index (χ1) is 12.1. The maximum Gasteiger partial charge on any atom is 0.225 e. The number of halogens is 1. The maximum absolute atomic E-state index is 13.9. The molecule has 6 heteroatoms. The van der Waals surface area contributed by atoms with Crippen LogP contribution in [-0.4, -0.2) is 41.9 Å². The van der Waals surface area contributed by atoms with E-state index in [1.165, 1.54) is 6.07 Å². The number of ketones is 1. The SMILES string of the molecule is C[C@@H]1CC(=O)c2cnc(N3CCN(c4ccccc4F)CC3)nc2C1. The van der Waals surface area contributed by atoms with Gasteiger partial charge in [-0.2, -0.15) is 0 Å². The first-order valence-corrected chi connectivity index (χ1v) is 8.75. The monoisotopic (exact) mass is 340 g/mol. The Morgan fingerprint density at radius 2 is 1.80 bits per heavy atom. The fourth-order valence-corrected chi connectivity index (χ4v) is 3.63. The fraction of sp³-hybridized carbons (Fsp3) is 0.421. The number of anilines is 2. The van der Waals surface area contributed by atoms with Crippen LogP contribution in [0.25, 0.3) is 0 Å². The fourth-order valence-electron chi connectivity index (χ4n) is 3.63. The van der Waals surface area contributed by atoms with Crippen LogP contribution < -0.4 is 9.80 Å². The first kappa shape index (κ1) is 16.0. The lowest BCUT2D eigenvalue weighted by molar-refractivity contribution is 0.0951. The van der Waals surface area contributed by atoms with E-state index in [9.17, 15) is 9.18 Å². The van der Waals surface area contributed by atoms with Crippen LogP contribution in [0, 0.1) is 11.7 Å². The van der Waals surface area contributed by atoms with Crippen molar-refractivity contribution < 1.29 is 9.18 Å². The van der Waals surface area contributed by atoms with Gasteiger partial charge < -0.3 is 9.80 Å². The molecule has 0 bridgehead atoms. The molecule has 25 heavy (non-hydrogen) atoms. The highest BCUT2D eigenvalue weighted by Gasteiger charge is 2.26. The zero-order chi connectivity index (χ0) is 17.4. The Hall–Kier alpha value is -2.50. The molecule has 0 amide bonds. The van der Waals surface area contributed by atoms with E-state index in [4.69, 9.17) is 0 Å². The van der Waals surface area contributed by atoms with Gasteiger partial charge in [-0.25, -0.2) is 14.4 Å². The van der Waals surface area contributed by atoms with Gasteiger partial charge in [-0.15, -0.1) is 0 Å². The van der Waals surface area contributed by atoms with Crippen molar-refractivity contribution in [3.8, 4) is 0 Å². The molecule has 0 saturated carbocycles. The van der Waals surface area contributed by atoms with Crippen molar-refractivity contribution in [2.24, 2.45) is 5.92 Å². The van der Waals surface area contributed by atoms with Crippen molar-refractivity contribution in [1.29, 1.82) is 0 Å². The van der Waals surface area contributed by atoms with Crippen LogP contribution in [0.4, 0.5) is 16.0 Å². The summed E-state index contributed by atoms with van der Waals surface area (Å²) in [6.45, 7) is 4.98. The van der Waals surface area contributed by atoms with Crippen molar-refractivity contribution >= 4 is 17.4 Å².